The molecule has 0 spiro atoms. The topological polar surface area (TPSA) is 69.8 Å². The van der Waals surface area contributed by atoms with Crippen LogP contribution in [-0.2, 0) is 0 Å². The van der Waals surface area contributed by atoms with Crippen LogP contribution in [0.2, 0.25) is 0 Å². The molecule has 0 radical (unpaired) electrons. The van der Waals surface area contributed by atoms with Crippen LogP contribution >= 0.6 is 0 Å². The normalized spacial score (nSPS) is 11.9. The van der Waals surface area contributed by atoms with Gasteiger partial charge in [0.2, 0.25) is 0 Å². The van der Waals surface area contributed by atoms with E-state index in [2.05, 4.69) is 20.8 Å². The van der Waals surface area contributed by atoms with Crippen LogP contribution in [0.3, 0.4) is 0 Å². The molecule has 1 aromatic heterocycles. The molecule has 5 heteroatoms. The van der Waals surface area contributed by atoms with Gasteiger partial charge in [0.25, 0.3) is 5.91 Å². The van der Waals surface area contributed by atoms with E-state index < -0.39 is 0 Å². The lowest BCUT2D eigenvalue weighted by atomic mass is 10.1. The Morgan fingerprint density at radius 1 is 1.42 bits per heavy atom. The lowest BCUT2D eigenvalue weighted by Gasteiger charge is -2.13. The molecule has 100 valence electrons. The molecular formula is C14H18N4O. The van der Waals surface area contributed by atoms with Crippen molar-refractivity contribution in [2.45, 2.75) is 19.9 Å². The van der Waals surface area contributed by atoms with Crippen molar-refractivity contribution in [2.75, 3.05) is 12.4 Å². The van der Waals surface area contributed by atoms with Crippen molar-refractivity contribution in [3.05, 3.63) is 47.3 Å². The highest BCUT2D eigenvalue weighted by Crippen LogP contribution is 2.17. The number of aryl methyl sites for hydroxylation is 1. The van der Waals surface area contributed by atoms with Crippen LogP contribution in [-0.4, -0.2) is 23.2 Å². The van der Waals surface area contributed by atoms with Crippen LogP contribution in [0, 0.1) is 6.92 Å². The standard InChI is InChI=1S/C14H18N4O/c1-9-6-11(4-5-13(9)15-3)14(19)18-10(2)12-7-16-17-8-12/h4-8,10,15H,1-3H3,(H,16,17)(H,18,19). The van der Waals surface area contributed by atoms with E-state index in [1.807, 2.05) is 39.1 Å². The average molecular weight is 258 g/mol. The molecule has 3 N–H and O–H groups in total. The Labute approximate surface area is 112 Å². The summed E-state index contributed by atoms with van der Waals surface area (Å²) in [5.41, 5.74) is 3.69. The predicted octanol–water partition coefficient (Wildman–Crippen LogP) is 2.25. The minimum Gasteiger partial charge on any atom is -0.388 e. The summed E-state index contributed by atoms with van der Waals surface area (Å²) >= 11 is 0. The van der Waals surface area contributed by atoms with Crippen LogP contribution in [0.15, 0.2) is 30.6 Å². The van der Waals surface area contributed by atoms with Gasteiger partial charge in [0.15, 0.2) is 0 Å². The molecule has 1 unspecified atom stereocenters. The van der Waals surface area contributed by atoms with E-state index in [1.54, 1.807) is 12.4 Å². The van der Waals surface area contributed by atoms with E-state index >= 15 is 0 Å². The second-order valence-electron chi connectivity index (χ2n) is 4.51. The van der Waals surface area contributed by atoms with Gasteiger partial charge in [-0.2, -0.15) is 5.10 Å². The van der Waals surface area contributed by atoms with Crippen molar-refractivity contribution in [1.29, 1.82) is 0 Å². The number of anilines is 1. The van der Waals surface area contributed by atoms with Gasteiger partial charge in [0.05, 0.1) is 12.2 Å². The highest BCUT2D eigenvalue weighted by atomic mass is 16.1. The van der Waals surface area contributed by atoms with Gasteiger partial charge >= 0.3 is 0 Å². The van der Waals surface area contributed by atoms with E-state index in [4.69, 9.17) is 0 Å². The molecule has 1 heterocycles. The van der Waals surface area contributed by atoms with Crippen molar-refractivity contribution in [3.8, 4) is 0 Å². The molecular weight excluding hydrogens is 240 g/mol. The van der Waals surface area contributed by atoms with Crippen molar-refractivity contribution < 1.29 is 4.79 Å². The van der Waals surface area contributed by atoms with E-state index in [0.29, 0.717) is 5.56 Å². The fraction of sp³-hybridized carbons (Fsp3) is 0.286. The van der Waals surface area contributed by atoms with Crippen molar-refractivity contribution >= 4 is 11.6 Å². The fourth-order valence-electron chi connectivity index (χ4n) is 1.95. The van der Waals surface area contributed by atoms with E-state index in [9.17, 15) is 4.79 Å². The van der Waals surface area contributed by atoms with Crippen LogP contribution in [0.1, 0.15) is 34.5 Å². The number of rotatable bonds is 4. The zero-order valence-corrected chi connectivity index (χ0v) is 11.3. The predicted molar refractivity (Wildman–Crippen MR) is 75.2 cm³/mol. The number of carbonyl (C=O) groups is 1. The second kappa shape index (κ2) is 5.56. The molecule has 1 amide bonds. The monoisotopic (exact) mass is 258 g/mol. The Balaban J connectivity index is 2.10. The summed E-state index contributed by atoms with van der Waals surface area (Å²) < 4.78 is 0. The molecule has 1 aromatic carbocycles. The third-order valence-corrected chi connectivity index (χ3v) is 3.12. The maximum absolute atomic E-state index is 12.1. The molecule has 0 saturated heterocycles. The Hall–Kier alpha value is -2.30. The quantitative estimate of drug-likeness (QED) is 0.787. The van der Waals surface area contributed by atoms with Gasteiger partial charge in [-0.15, -0.1) is 0 Å². The molecule has 5 nitrogen and oxygen atoms in total. The Morgan fingerprint density at radius 2 is 2.21 bits per heavy atom. The lowest BCUT2D eigenvalue weighted by molar-refractivity contribution is 0.0940. The molecule has 0 fully saturated rings. The van der Waals surface area contributed by atoms with Crippen LogP contribution < -0.4 is 10.6 Å². The number of hydrogen-bond acceptors (Lipinski definition) is 3. The first-order valence-corrected chi connectivity index (χ1v) is 6.19. The number of amides is 1. The number of hydrogen-bond donors (Lipinski definition) is 3. The average Bonchev–Trinajstić information content (AvgIpc) is 2.92. The fourth-order valence-corrected chi connectivity index (χ4v) is 1.95. The summed E-state index contributed by atoms with van der Waals surface area (Å²) in [6.45, 7) is 3.90. The molecule has 0 aliphatic carbocycles. The first kappa shape index (κ1) is 13.1. The lowest BCUT2D eigenvalue weighted by Crippen LogP contribution is -2.26. The van der Waals surface area contributed by atoms with Gasteiger partial charge in [0.1, 0.15) is 0 Å². The number of aromatic amines is 1. The highest BCUT2D eigenvalue weighted by molar-refractivity contribution is 5.95. The van der Waals surface area contributed by atoms with Gasteiger partial charge in [0, 0.05) is 30.1 Å². The molecule has 0 aliphatic heterocycles. The molecule has 0 bridgehead atoms. The number of aromatic nitrogens is 2. The van der Waals surface area contributed by atoms with E-state index in [-0.39, 0.29) is 11.9 Å². The summed E-state index contributed by atoms with van der Waals surface area (Å²) in [7, 11) is 1.86. The first-order chi connectivity index (χ1) is 9.11. The van der Waals surface area contributed by atoms with Crippen LogP contribution in [0.25, 0.3) is 0 Å². The molecule has 2 aromatic rings. The number of carbonyl (C=O) groups excluding carboxylic acids is 1. The smallest absolute Gasteiger partial charge is 0.251 e. The number of nitrogens with zero attached hydrogens (tertiary/aromatic N) is 1. The first-order valence-electron chi connectivity index (χ1n) is 6.19. The summed E-state index contributed by atoms with van der Waals surface area (Å²) in [5.74, 6) is -0.0838. The van der Waals surface area contributed by atoms with Gasteiger partial charge in [-0.1, -0.05) is 0 Å². The summed E-state index contributed by atoms with van der Waals surface area (Å²) in [6, 6.07) is 5.53. The largest absolute Gasteiger partial charge is 0.388 e. The third kappa shape index (κ3) is 2.93. The number of benzene rings is 1. The zero-order valence-electron chi connectivity index (χ0n) is 11.3. The zero-order chi connectivity index (χ0) is 13.8. The summed E-state index contributed by atoms with van der Waals surface area (Å²) in [4.78, 5) is 12.1. The van der Waals surface area contributed by atoms with E-state index in [1.165, 1.54) is 0 Å². The van der Waals surface area contributed by atoms with Gasteiger partial charge in [-0.05, 0) is 37.6 Å². The minimum absolute atomic E-state index is 0.0736. The highest BCUT2D eigenvalue weighted by Gasteiger charge is 2.12. The number of H-pyrrole nitrogens is 1. The second-order valence-corrected chi connectivity index (χ2v) is 4.51. The van der Waals surface area contributed by atoms with Gasteiger partial charge in [-0.3, -0.25) is 9.89 Å². The maximum atomic E-state index is 12.1. The summed E-state index contributed by atoms with van der Waals surface area (Å²) in [5, 5.41) is 12.6. The van der Waals surface area contributed by atoms with Gasteiger partial charge < -0.3 is 10.6 Å². The Kier molecular flexibility index (Phi) is 3.85. The Morgan fingerprint density at radius 3 is 2.79 bits per heavy atom. The van der Waals surface area contributed by atoms with Crippen LogP contribution in [0.5, 0.6) is 0 Å². The van der Waals surface area contributed by atoms with Crippen molar-refractivity contribution in [1.82, 2.24) is 15.5 Å². The van der Waals surface area contributed by atoms with Crippen molar-refractivity contribution in [2.24, 2.45) is 0 Å². The third-order valence-electron chi connectivity index (χ3n) is 3.12. The van der Waals surface area contributed by atoms with Gasteiger partial charge in [-0.25, -0.2) is 0 Å². The molecule has 0 aliphatic rings. The Bertz CT molecular complexity index is 563. The van der Waals surface area contributed by atoms with E-state index in [0.717, 1.165) is 16.8 Å². The molecule has 0 saturated carbocycles. The number of nitrogens with one attached hydrogen (secondary N) is 3. The van der Waals surface area contributed by atoms with Crippen molar-refractivity contribution in [3.63, 3.8) is 0 Å². The van der Waals surface area contributed by atoms with Crippen LogP contribution in [0.4, 0.5) is 5.69 Å². The minimum atomic E-state index is -0.0838. The maximum Gasteiger partial charge on any atom is 0.251 e. The molecule has 2 rings (SSSR count). The molecule has 1 atom stereocenters. The molecule has 19 heavy (non-hydrogen) atoms. The SMILES string of the molecule is CNc1ccc(C(=O)NC(C)c2cn[nH]c2)cc1C. The summed E-state index contributed by atoms with van der Waals surface area (Å²) in [6.07, 6.45) is 3.49.